The molecule has 1 saturated heterocycles. The third-order valence-corrected chi connectivity index (χ3v) is 4.53. The first kappa shape index (κ1) is 14.1. The minimum atomic E-state index is 0.175. The smallest absolute Gasteiger partial charge is 0.131 e. The summed E-state index contributed by atoms with van der Waals surface area (Å²) in [5, 5.41) is 10.9. The lowest BCUT2D eigenvalue weighted by Crippen LogP contribution is -2.23. The van der Waals surface area contributed by atoms with Gasteiger partial charge in [-0.2, -0.15) is 5.26 Å². The minimum absolute atomic E-state index is 0.175. The zero-order valence-electron chi connectivity index (χ0n) is 12.4. The standard InChI is InChI=1S/C18H14ClN3O/c19-13-5-6-15-14(10-13)12(11-20)9-18(21-15)22-7-1-3-16(22)17-4-2-8-23-17/h2,4-6,8-10,16H,1,3,7H2. The SMILES string of the molecule is N#Cc1cc(N2CCCC2c2ccco2)nc2ccc(Cl)cc12. The Morgan fingerprint density at radius 2 is 2.22 bits per heavy atom. The summed E-state index contributed by atoms with van der Waals surface area (Å²) in [4.78, 5) is 6.96. The van der Waals surface area contributed by atoms with Crippen LogP contribution >= 0.6 is 11.6 Å². The molecule has 0 N–H and O–H groups in total. The van der Waals surface area contributed by atoms with E-state index in [1.807, 2.05) is 24.3 Å². The van der Waals surface area contributed by atoms with E-state index < -0.39 is 0 Å². The molecular weight excluding hydrogens is 310 g/mol. The number of nitriles is 1. The summed E-state index contributed by atoms with van der Waals surface area (Å²) in [5.74, 6) is 1.76. The van der Waals surface area contributed by atoms with Crippen molar-refractivity contribution in [3.63, 3.8) is 0 Å². The molecule has 1 aliphatic rings. The lowest BCUT2D eigenvalue weighted by Gasteiger charge is -2.24. The van der Waals surface area contributed by atoms with Crippen LogP contribution in [0.3, 0.4) is 0 Å². The van der Waals surface area contributed by atoms with Crippen LogP contribution in [-0.2, 0) is 0 Å². The zero-order chi connectivity index (χ0) is 15.8. The molecule has 5 heteroatoms. The normalized spacial score (nSPS) is 17.6. The van der Waals surface area contributed by atoms with Crippen LogP contribution in [0.1, 0.15) is 30.2 Å². The Morgan fingerprint density at radius 3 is 3.00 bits per heavy atom. The predicted molar refractivity (Wildman–Crippen MR) is 89.5 cm³/mol. The van der Waals surface area contributed by atoms with Crippen molar-refractivity contribution < 1.29 is 4.42 Å². The van der Waals surface area contributed by atoms with Gasteiger partial charge >= 0.3 is 0 Å². The van der Waals surface area contributed by atoms with Crippen molar-refractivity contribution in [3.8, 4) is 6.07 Å². The molecule has 114 valence electrons. The highest BCUT2D eigenvalue weighted by atomic mass is 35.5. The van der Waals surface area contributed by atoms with Crippen LogP contribution in [0.2, 0.25) is 5.02 Å². The van der Waals surface area contributed by atoms with Crippen molar-refractivity contribution in [1.29, 1.82) is 5.26 Å². The van der Waals surface area contributed by atoms with Gasteiger partial charge in [-0.3, -0.25) is 0 Å². The number of furan rings is 1. The fourth-order valence-corrected chi connectivity index (χ4v) is 3.41. The lowest BCUT2D eigenvalue weighted by atomic mass is 10.1. The molecule has 3 aromatic rings. The highest BCUT2D eigenvalue weighted by Crippen LogP contribution is 2.37. The quantitative estimate of drug-likeness (QED) is 0.686. The highest BCUT2D eigenvalue weighted by molar-refractivity contribution is 6.31. The van der Waals surface area contributed by atoms with Crippen molar-refractivity contribution >= 4 is 28.3 Å². The first-order chi connectivity index (χ1) is 11.3. The van der Waals surface area contributed by atoms with Gasteiger partial charge in [0.1, 0.15) is 11.6 Å². The molecule has 4 rings (SSSR count). The summed E-state index contributed by atoms with van der Waals surface area (Å²) in [6.07, 6.45) is 3.80. The van der Waals surface area contributed by atoms with Gasteiger partial charge in [-0.1, -0.05) is 11.6 Å². The molecule has 1 unspecified atom stereocenters. The Balaban J connectivity index is 1.82. The number of benzene rings is 1. The maximum Gasteiger partial charge on any atom is 0.131 e. The number of rotatable bonds is 2. The first-order valence-corrected chi connectivity index (χ1v) is 7.94. The number of nitrogens with zero attached hydrogens (tertiary/aromatic N) is 3. The molecule has 0 radical (unpaired) electrons. The third kappa shape index (κ3) is 2.43. The maximum absolute atomic E-state index is 9.49. The second-order valence-electron chi connectivity index (χ2n) is 5.67. The Hall–Kier alpha value is -2.51. The molecule has 4 nitrogen and oxygen atoms in total. The van der Waals surface area contributed by atoms with Gasteiger partial charge in [-0.25, -0.2) is 4.98 Å². The molecule has 0 spiro atoms. The van der Waals surface area contributed by atoms with Crippen molar-refractivity contribution in [2.75, 3.05) is 11.4 Å². The van der Waals surface area contributed by atoms with Crippen LogP contribution in [0.15, 0.2) is 47.1 Å². The molecule has 0 saturated carbocycles. The summed E-state index contributed by atoms with van der Waals surface area (Å²) in [6.45, 7) is 0.905. The van der Waals surface area contributed by atoms with Crippen LogP contribution in [0.4, 0.5) is 5.82 Å². The summed E-state index contributed by atoms with van der Waals surface area (Å²) < 4.78 is 5.58. The summed E-state index contributed by atoms with van der Waals surface area (Å²) in [6, 6.07) is 13.6. The monoisotopic (exact) mass is 323 g/mol. The van der Waals surface area contributed by atoms with Gasteiger partial charge in [0.25, 0.3) is 0 Å². The average molecular weight is 324 g/mol. The molecule has 0 bridgehead atoms. The van der Waals surface area contributed by atoms with Crippen molar-refractivity contribution in [2.45, 2.75) is 18.9 Å². The lowest BCUT2D eigenvalue weighted by molar-refractivity contribution is 0.464. The van der Waals surface area contributed by atoms with Crippen molar-refractivity contribution in [3.05, 3.63) is 59.0 Å². The molecule has 23 heavy (non-hydrogen) atoms. The summed E-state index contributed by atoms with van der Waals surface area (Å²) in [7, 11) is 0. The predicted octanol–water partition coefficient (Wildman–Crippen LogP) is 4.69. The van der Waals surface area contributed by atoms with Gasteiger partial charge in [0.2, 0.25) is 0 Å². The summed E-state index contributed by atoms with van der Waals surface area (Å²) in [5.41, 5.74) is 1.38. The van der Waals surface area contributed by atoms with Crippen molar-refractivity contribution in [1.82, 2.24) is 4.98 Å². The number of halogens is 1. The molecule has 1 fully saturated rings. The van der Waals surface area contributed by atoms with Gasteiger partial charge in [0.15, 0.2) is 0 Å². The molecular formula is C18H14ClN3O. The number of aromatic nitrogens is 1. The molecule has 1 atom stereocenters. The van der Waals surface area contributed by atoms with Gasteiger partial charge in [0, 0.05) is 17.0 Å². The Labute approximate surface area is 138 Å². The molecule has 2 aromatic heterocycles. The molecule has 1 aliphatic heterocycles. The number of hydrogen-bond donors (Lipinski definition) is 0. The van der Waals surface area contributed by atoms with E-state index >= 15 is 0 Å². The minimum Gasteiger partial charge on any atom is -0.467 e. The van der Waals surface area contributed by atoms with Gasteiger partial charge in [-0.15, -0.1) is 0 Å². The molecule has 1 aromatic carbocycles. The van der Waals surface area contributed by atoms with E-state index in [1.54, 1.807) is 18.4 Å². The Kier molecular flexibility index (Phi) is 3.44. The van der Waals surface area contributed by atoms with Gasteiger partial charge in [-0.05, 0) is 49.2 Å². The zero-order valence-corrected chi connectivity index (χ0v) is 13.1. The number of fused-ring (bicyclic) bond motifs is 1. The van der Waals surface area contributed by atoms with E-state index in [0.29, 0.717) is 10.6 Å². The van der Waals surface area contributed by atoms with E-state index in [0.717, 1.165) is 41.9 Å². The molecule has 3 heterocycles. The average Bonchev–Trinajstić information content (AvgIpc) is 3.24. The Bertz CT molecular complexity index is 899. The van der Waals surface area contributed by atoms with Crippen LogP contribution < -0.4 is 4.90 Å². The van der Waals surface area contributed by atoms with E-state index in [9.17, 15) is 5.26 Å². The van der Waals surface area contributed by atoms with Crippen molar-refractivity contribution in [2.24, 2.45) is 0 Å². The van der Waals surface area contributed by atoms with E-state index in [-0.39, 0.29) is 6.04 Å². The largest absolute Gasteiger partial charge is 0.467 e. The van der Waals surface area contributed by atoms with E-state index in [1.165, 1.54) is 0 Å². The number of hydrogen-bond acceptors (Lipinski definition) is 4. The fourth-order valence-electron chi connectivity index (χ4n) is 3.24. The second kappa shape index (κ2) is 5.60. The number of pyridine rings is 1. The van der Waals surface area contributed by atoms with E-state index in [4.69, 9.17) is 21.0 Å². The molecule has 0 aliphatic carbocycles. The Morgan fingerprint density at radius 1 is 1.30 bits per heavy atom. The van der Waals surface area contributed by atoms with Crippen LogP contribution in [-0.4, -0.2) is 11.5 Å². The third-order valence-electron chi connectivity index (χ3n) is 4.30. The maximum atomic E-state index is 9.49. The van der Waals surface area contributed by atoms with Gasteiger partial charge < -0.3 is 9.32 Å². The molecule has 0 amide bonds. The first-order valence-electron chi connectivity index (χ1n) is 7.57. The van der Waals surface area contributed by atoms with Crippen LogP contribution in [0.25, 0.3) is 10.9 Å². The van der Waals surface area contributed by atoms with Gasteiger partial charge in [0.05, 0.1) is 29.5 Å². The van der Waals surface area contributed by atoms with Crippen LogP contribution in [0, 0.1) is 11.3 Å². The highest BCUT2D eigenvalue weighted by Gasteiger charge is 2.29. The second-order valence-corrected chi connectivity index (χ2v) is 6.10. The fraction of sp³-hybridized carbons (Fsp3) is 0.222. The van der Waals surface area contributed by atoms with Crippen LogP contribution in [0.5, 0.6) is 0 Å². The number of anilines is 1. The summed E-state index contributed by atoms with van der Waals surface area (Å²) >= 11 is 6.05. The van der Waals surface area contributed by atoms with E-state index in [2.05, 4.69) is 11.0 Å². The topological polar surface area (TPSA) is 53.1 Å².